The lowest BCUT2D eigenvalue weighted by molar-refractivity contribution is -0.121. The van der Waals surface area contributed by atoms with Gasteiger partial charge in [0.2, 0.25) is 5.91 Å². The molecule has 0 atom stereocenters. The number of carbonyl (C=O) groups is 1. The van der Waals surface area contributed by atoms with E-state index in [2.05, 4.69) is 10.3 Å². The molecule has 5 heteroatoms. The first-order valence-electron chi connectivity index (χ1n) is 5.02. The Morgan fingerprint density at radius 1 is 1.50 bits per heavy atom. The Kier molecular flexibility index (Phi) is 5.45. The number of anilines is 1. The maximum atomic E-state index is 11.4. The molecule has 0 unspecified atom stereocenters. The third-order valence-corrected chi connectivity index (χ3v) is 1.95. The van der Waals surface area contributed by atoms with E-state index in [1.54, 1.807) is 25.4 Å². The summed E-state index contributed by atoms with van der Waals surface area (Å²) >= 11 is 0. The minimum atomic E-state index is -0.188. The summed E-state index contributed by atoms with van der Waals surface area (Å²) in [5.74, 6) is -0.188. The zero-order valence-corrected chi connectivity index (χ0v) is 9.53. The molecule has 0 aliphatic carbocycles. The van der Waals surface area contributed by atoms with Gasteiger partial charge in [0.15, 0.2) is 0 Å². The molecule has 0 spiro atoms. The van der Waals surface area contributed by atoms with Crippen LogP contribution in [0.1, 0.15) is 5.69 Å². The Labute approximate surface area is 94.8 Å². The van der Waals surface area contributed by atoms with Crippen LogP contribution in [0.2, 0.25) is 0 Å². The summed E-state index contributed by atoms with van der Waals surface area (Å²) < 4.78 is 9.88. The molecular weight excluding hydrogens is 208 g/mol. The zero-order valence-electron chi connectivity index (χ0n) is 9.53. The molecule has 0 aromatic carbocycles. The number of methoxy groups -OCH3 is 1. The van der Waals surface area contributed by atoms with E-state index in [1.807, 2.05) is 6.92 Å². The van der Waals surface area contributed by atoms with Gasteiger partial charge in [0.1, 0.15) is 6.61 Å². The van der Waals surface area contributed by atoms with Crippen LogP contribution in [-0.2, 0) is 14.3 Å². The second kappa shape index (κ2) is 6.92. The van der Waals surface area contributed by atoms with Gasteiger partial charge in [-0.05, 0) is 19.1 Å². The number of carbonyl (C=O) groups excluding carboxylic acids is 1. The zero-order chi connectivity index (χ0) is 11.8. The van der Waals surface area contributed by atoms with Crippen LogP contribution in [0.15, 0.2) is 18.3 Å². The van der Waals surface area contributed by atoms with Crippen LogP contribution >= 0.6 is 0 Å². The Bertz CT molecular complexity index is 342. The molecule has 0 aliphatic rings. The molecule has 0 bridgehead atoms. The molecule has 1 N–H and O–H groups in total. The van der Waals surface area contributed by atoms with E-state index < -0.39 is 0 Å². The van der Waals surface area contributed by atoms with Crippen LogP contribution in [-0.4, -0.2) is 37.8 Å². The molecule has 0 radical (unpaired) electrons. The fourth-order valence-electron chi connectivity index (χ4n) is 1.11. The fraction of sp³-hybridized carbons (Fsp3) is 0.455. The number of nitrogens with one attached hydrogen (secondary N) is 1. The number of hydrogen-bond acceptors (Lipinski definition) is 4. The topological polar surface area (TPSA) is 60.5 Å². The Morgan fingerprint density at radius 2 is 2.31 bits per heavy atom. The van der Waals surface area contributed by atoms with Crippen molar-refractivity contribution in [2.24, 2.45) is 0 Å². The van der Waals surface area contributed by atoms with Crippen molar-refractivity contribution in [3.8, 4) is 0 Å². The number of aromatic nitrogens is 1. The number of pyridine rings is 1. The third-order valence-electron chi connectivity index (χ3n) is 1.95. The van der Waals surface area contributed by atoms with Crippen LogP contribution in [0.25, 0.3) is 0 Å². The van der Waals surface area contributed by atoms with Gasteiger partial charge in [-0.15, -0.1) is 0 Å². The first-order valence-corrected chi connectivity index (χ1v) is 5.02. The summed E-state index contributed by atoms with van der Waals surface area (Å²) in [5, 5.41) is 2.72. The van der Waals surface area contributed by atoms with Gasteiger partial charge in [-0.3, -0.25) is 9.78 Å². The smallest absolute Gasteiger partial charge is 0.250 e. The summed E-state index contributed by atoms with van der Waals surface area (Å²) in [7, 11) is 1.59. The monoisotopic (exact) mass is 224 g/mol. The summed E-state index contributed by atoms with van der Waals surface area (Å²) in [4.78, 5) is 15.5. The van der Waals surface area contributed by atoms with Crippen molar-refractivity contribution in [1.82, 2.24) is 4.98 Å². The van der Waals surface area contributed by atoms with E-state index in [-0.39, 0.29) is 12.5 Å². The molecule has 0 saturated heterocycles. The summed E-state index contributed by atoms with van der Waals surface area (Å²) in [6.07, 6.45) is 1.68. The van der Waals surface area contributed by atoms with Gasteiger partial charge in [-0.2, -0.15) is 0 Å². The van der Waals surface area contributed by atoms with Crippen LogP contribution in [0.3, 0.4) is 0 Å². The number of rotatable bonds is 6. The van der Waals surface area contributed by atoms with E-state index in [0.717, 1.165) is 5.69 Å². The van der Waals surface area contributed by atoms with Crippen LogP contribution in [0.5, 0.6) is 0 Å². The maximum absolute atomic E-state index is 11.4. The van der Waals surface area contributed by atoms with E-state index in [4.69, 9.17) is 9.47 Å². The number of aryl methyl sites for hydroxylation is 1. The lowest BCUT2D eigenvalue weighted by atomic mass is 10.3. The predicted octanol–water partition coefficient (Wildman–Crippen LogP) is 0.992. The van der Waals surface area contributed by atoms with Crippen LogP contribution in [0.4, 0.5) is 5.69 Å². The van der Waals surface area contributed by atoms with Gasteiger partial charge in [-0.1, -0.05) is 0 Å². The van der Waals surface area contributed by atoms with Crippen molar-refractivity contribution in [3.05, 3.63) is 24.0 Å². The molecule has 1 amide bonds. The van der Waals surface area contributed by atoms with Gasteiger partial charge >= 0.3 is 0 Å². The average Bonchev–Trinajstić information content (AvgIpc) is 2.28. The molecule has 88 valence electrons. The second-order valence-electron chi connectivity index (χ2n) is 3.23. The van der Waals surface area contributed by atoms with Gasteiger partial charge < -0.3 is 14.8 Å². The predicted molar refractivity (Wildman–Crippen MR) is 60.3 cm³/mol. The molecule has 1 aromatic rings. The first-order chi connectivity index (χ1) is 7.74. The van der Waals surface area contributed by atoms with Gasteiger partial charge in [0, 0.05) is 13.3 Å². The quantitative estimate of drug-likeness (QED) is 0.732. The Balaban J connectivity index is 2.32. The number of hydrogen-bond donors (Lipinski definition) is 1. The molecule has 1 heterocycles. The highest BCUT2D eigenvalue weighted by Crippen LogP contribution is 2.09. The SMILES string of the molecule is COCCOCC(=O)Nc1cccnc1C. The van der Waals surface area contributed by atoms with E-state index >= 15 is 0 Å². The molecule has 1 aromatic heterocycles. The van der Waals surface area contributed by atoms with Crippen molar-refractivity contribution >= 4 is 11.6 Å². The van der Waals surface area contributed by atoms with Crippen LogP contribution in [0, 0.1) is 6.92 Å². The van der Waals surface area contributed by atoms with Crippen molar-refractivity contribution in [2.45, 2.75) is 6.92 Å². The molecule has 0 fully saturated rings. The minimum Gasteiger partial charge on any atom is -0.382 e. The highest BCUT2D eigenvalue weighted by Gasteiger charge is 2.04. The second-order valence-corrected chi connectivity index (χ2v) is 3.23. The highest BCUT2D eigenvalue weighted by atomic mass is 16.5. The number of nitrogens with zero attached hydrogens (tertiary/aromatic N) is 1. The molecular formula is C11H16N2O3. The van der Waals surface area contributed by atoms with E-state index in [9.17, 15) is 4.79 Å². The van der Waals surface area contributed by atoms with Crippen molar-refractivity contribution in [3.63, 3.8) is 0 Å². The fourth-order valence-corrected chi connectivity index (χ4v) is 1.11. The Morgan fingerprint density at radius 3 is 3.00 bits per heavy atom. The highest BCUT2D eigenvalue weighted by molar-refractivity contribution is 5.92. The molecule has 16 heavy (non-hydrogen) atoms. The van der Waals surface area contributed by atoms with E-state index in [0.29, 0.717) is 18.9 Å². The molecule has 5 nitrogen and oxygen atoms in total. The number of ether oxygens (including phenoxy) is 2. The van der Waals surface area contributed by atoms with Crippen molar-refractivity contribution in [1.29, 1.82) is 0 Å². The summed E-state index contributed by atoms with van der Waals surface area (Å²) in [6, 6.07) is 3.57. The average molecular weight is 224 g/mol. The first kappa shape index (κ1) is 12.6. The summed E-state index contributed by atoms with van der Waals surface area (Å²) in [5.41, 5.74) is 1.50. The van der Waals surface area contributed by atoms with Crippen LogP contribution < -0.4 is 5.32 Å². The van der Waals surface area contributed by atoms with Gasteiger partial charge in [0.05, 0.1) is 24.6 Å². The molecule has 0 saturated carbocycles. The standard InChI is InChI=1S/C11H16N2O3/c1-9-10(4-3-5-12-9)13-11(14)8-16-7-6-15-2/h3-5H,6-8H2,1-2H3,(H,13,14). The molecule has 1 rings (SSSR count). The van der Waals surface area contributed by atoms with E-state index in [1.165, 1.54) is 0 Å². The lowest BCUT2D eigenvalue weighted by Crippen LogP contribution is -2.20. The number of amides is 1. The lowest BCUT2D eigenvalue weighted by Gasteiger charge is -2.07. The van der Waals surface area contributed by atoms with Crippen molar-refractivity contribution < 1.29 is 14.3 Å². The normalized spacial score (nSPS) is 10.1. The van der Waals surface area contributed by atoms with Gasteiger partial charge in [0.25, 0.3) is 0 Å². The molecule has 0 aliphatic heterocycles. The van der Waals surface area contributed by atoms with Crippen molar-refractivity contribution in [2.75, 3.05) is 32.2 Å². The Hall–Kier alpha value is -1.46. The largest absolute Gasteiger partial charge is 0.382 e. The third kappa shape index (κ3) is 4.37. The minimum absolute atomic E-state index is 0.0255. The summed E-state index contributed by atoms with van der Waals surface area (Å²) in [6.45, 7) is 2.76. The maximum Gasteiger partial charge on any atom is 0.250 e. The van der Waals surface area contributed by atoms with Gasteiger partial charge in [-0.25, -0.2) is 0 Å².